The van der Waals surface area contributed by atoms with Gasteiger partial charge in [-0.1, -0.05) is 12.1 Å². The van der Waals surface area contributed by atoms with Crippen molar-refractivity contribution in [2.45, 2.75) is 19.4 Å². The molecule has 100 valence electrons. The maximum absolute atomic E-state index is 12.2. The number of carbonyl (C=O) groups is 2. The molecule has 19 heavy (non-hydrogen) atoms. The number of hydrogen-bond donors (Lipinski definition) is 0. The van der Waals surface area contributed by atoms with Gasteiger partial charge in [-0.2, -0.15) is 0 Å². The summed E-state index contributed by atoms with van der Waals surface area (Å²) < 4.78 is 5.07. The minimum atomic E-state index is -0.768. The molecule has 1 aromatic carbocycles. The summed E-state index contributed by atoms with van der Waals surface area (Å²) in [6, 6.07) is 7.23. The highest BCUT2D eigenvalue weighted by atomic mass is 16.5. The van der Waals surface area contributed by atoms with Gasteiger partial charge < -0.3 is 9.64 Å². The SMILES string of the molecule is COc1ccc(/C=C2/C(=O)N(C)C(C)(C)C2=O)cc1. The lowest BCUT2D eigenvalue weighted by molar-refractivity contribution is -0.128. The highest BCUT2D eigenvalue weighted by Crippen LogP contribution is 2.29. The smallest absolute Gasteiger partial charge is 0.258 e. The Kier molecular flexibility index (Phi) is 3.18. The van der Waals surface area contributed by atoms with E-state index in [1.807, 2.05) is 12.1 Å². The average Bonchev–Trinajstić information content (AvgIpc) is 2.55. The van der Waals surface area contributed by atoms with Gasteiger partial charge >= 0.3 is 0 Å². The van der Waals surface area contributed by atoms with Crippen LogP contribution in [-0.4, -0.2) is 36.3 Å². The molecule has 4 heteroatoms. The second kappa shape index (κ2) is 4.53. The monoisotopic (exact) mass is 259 g/mol. The maximum atomic E-state index is 12.2. The Morgan fingerprint density at radius 2 is 1.74 bits per heavy atom. The number of ether oxygens (including phenoxy) is 1. The first-order valence-corrected chi connectivity index (χ1v) is 6.06. The van der Waals surface area contributed by atoms with E-state index in [4.69, 9.17) is 4.74 Å². The van der Waals surface area contributed by atoms with Crippen LogP contribution < -0.4 is 4.74 Å². The van der Waals surface area contributed by atoms with Crippen LogP contribution in [0.5, 0.6) is 5.75 Å². The largest absolute Gasteiger partial charge is 0.497 e. The van der Waals surface area contributed by atoms with Crippen LogP contribution in [-0.2, 0) is 9.59 Å². The van der Waals surface area contributed by atoms with Gasteiger partial charge in [0.1, 0.15) is 11.3 Å². The second-order valence-corrected chi connectivity index (χ2v) is 5.08. The molecule has 0 N–H and O–H groups in total. The van der Waals surface area contributed by atoms with E-state index in [2.05, 4.69) is 0 Å². The molecule has 1 heterocycles. The number of amides is 1. The minimum absolute atomic E-state index is 0.143. The molecule has 0 unspecified atom stereocenters. The zero-order valence-electron chi connectivity index (χ0n) is 11.6. The summed E-state index contributed by atoms with van der Waals surface area (Å²) in [5.74, 6) is 0.366. The summed E-state index contributed by atoms with van der Waals surface area (Å²) in [7, 11) is 3.24. The molecule has 0 spiro atoms. The molecule has 1 fully saturated rings. The van der Waals surface area contributed by atoms with Gasteiger partial charge in [0, 0.05) is 7.05 Å². The first-order valence-electron chi connectivity index (χ1n) is 6.06. The lowest BCUT2D eigenvalue weighted by atomic mass is 9.97. The first kappa shape index (κ1) is 13.3. The summed E-state index contributed by atoms with van der Waals surface area (Å²) >= 11 is 0. The highest BCUT2D eigenvalue weighted by Gasteiger charge is 2.47. The van der Waals surface area contributed by atoms with E-state index in [0.29, 0.717) is 0 Å². The minimum Gasteiger partial charge on any atom is -0.497 e. The van der Waals surface area contributed by atoms with Gasteiger partial charge in [0.05, 0.1) is 12.7 Å². The van der Waals surface area contributed by atoms with Crippen molar-refractivity contribution >= 4 is 17.8 Å². The number of nitrogens with zero attached hydrogens (tertiary/aromatic N) is 1. The number of ketones is 1. The lowest BCUT2D eigenvalue weighted by Crippen LogP contribution is -2.41. The number of hydrogen-bond acceptors (Lipinski definition) is 3. The molecule has 0 radical (unpaired) electrons. The van der Waals surface area contributed by atoms with Gasteiger partial charge in [-0.25, -0.2) is 0 Å². The molecular formula is C15H17NO3. The molecule has 1 aromatic rings. The molecule has 1 amide bonds. The maximum Gasteiger partial charge on any atom is 0.258 e. The Balaban J connectivity index is 2.38. The number of likely N-dealkylation sites (N-methyl/N-ethyl adjacent to an activating group) is 1. The van der Waals surface area contributed by atoms with Crippen molar-refractivity contribution in [1.82, 2.24) is 4.90 Å². The molecule has 0 bridgehead atoms. The van der Waals surface area contributed by atoms with Crippen molar-refractivity contribution in [2.75, 3.05) is 14.2 Å². The van der Waals surface area contributed by atoms with Crippen LogP contribution in [0.25, 0.3) is 6.08 Å². The van der Waals surface area contributed by atoms with E-state index in [9.17, 15) is 9.59 Å². The average molecular weight is 259 g/mol. The molecule has 0 saturated carbocycles. The number of likely N-dealkylation sites (tertiary alicyclic amines) is 1. The molecule has 1 aliphatic heterocycles. The van der Waals surface area contributed by atoms with Crippen LogP contribution in [0.1, 0.15) is 19.4 Å². The number of Topliss-reactive ketones (excluding diaryl/α,β-unsaturated/α-hetero) is 1. The third kappa shape index (κ3) is 2.14. The molecule has 2 rings (SSSR count). The molecule has 0 aliphatic carbocycles. The van der Waals surface area contributed by atoms with E-state index in [1.54, 1.807) is 46.2 Å². The van der Waals surface area contributed by atoms with Crippen molar-refractivity contribution < 1.29 is 14.3 Å². The Morgan fingerprint density at radius 3 is 2.16 bits per heavy atom. The second-order valence-electron chi connectivity index (χ2n) is 5.08. The fourth-order valence-corrected chi connectivity index (χ4v) is 2.01. The summed E-state index contributed by atoms with van der Waals surface area (Å²) in [5.41, 5.74) is 0.274. The fourth-order valence-electron chi connectivity index (χ4n) is 2.01. The van der Waals surface area contributed by atoms with E-state index in [1.165, 1.54) is 4.90 Å². The van der Waals surface area contributed by atoms with Crippen LogP contribution >= 0.6 is 0 Å². The van der Waals surface area contributed by atoms with Gasteiger partial charge in [-0.15, -0.1) is 0 Å². The summed E-state index contributed by atoms with van der Waals surface area (Å²) in [6.07, 6.45) is 1.63. The Hall–Kier alpha value is -2.10. The van der Waals surface area contributed by atoms with Crippen molar-refractivity contribution in [3.8, 4) is 5.75 Å². The topological polar surface area (TPSA) is 46.6 Å². The van der Waals surface area contributed by atoms with E-state index >= 15 is 0 Å². The molecule has 4 nitrogen and oxygen atoms in total. The third-order valence-electron chi connectivity index (χ3n) is 3.60. The first-order chi connectivity index (χ1) is 8.87. The predicted octanol–water partition coefficient (Wildman–Crippen LogP) is 1.90. The van der Waals surface area contributed by atoms with Crippen LogP contribution in [0.4, 0.5) is 0 Å². The zero-order valence-corrected chi connectivity index (χ0v) is 11.6. The Morgan fingerprint density at radius 1 is 1.16 bits per heavy atom. The fraction of sp³-hybridized carbons (Fsp3) is 0.333. The van der Waals surface area contributed by atoms with Crippen LogP contribution in [0.15, 0.2) is 29.8 Å². The van der Waals surface area contributed by atoms with E-state index < -0.39 is 5.54 Å². The van der Waals surface area contributed by atoms with Crippen LogP contribution in [0.2, 0.25) is 0 Å². The Labute approximate surface area is 112 Å². The van der Waals surface area contributed by atoms with Gasteiger partial charge in [-0.3, -0.25) is 9.59 Å². The standard InChI is InChI=1S/C15H17NO3/c1-15(2)13(17)12(14(18)16(15)3)9-10-5-7-11(19-4)8-6-10/h5-9H,1-4H3/b12-9+. The third-order valence-corrected chi connectivity index (χ3v) is 3.60. The Bertz CT molecular complexity index is 555. The van der Waals surface area contributed by atoms with E-state index in [0.717, 1.165) is 11.3 Å². The molecule has 0 atom stereocenters. The number of rotatable bonds is 2. The normalized spacial score (nSPS) is 20.2. The summed E-state index contributed by atoms with van der Waals surface area (Å²) in [5, 5.41) is 0. The van der Waals surface area contributed by atoms with Gasteiger partial charge in [-0.05, 0) is 37.6 Å². The number of methoxy groups -OCH3 is 1. The molecular weight excluding hydrogens is 242 g/mol. The lowest BCUT2D eigenvalue weighted by Gasteiger charge is -2.24. The molecule has 1 aliphatic rings. The van der Waals surface area contributed by atoms with Gasteiger partial charge in [0.25, 0.3) is 5.91 Å². The van der Waals surface area contributed by atoms with Gasteiger partial charge in [0.15, 0.2) is 5.78 Å². The van der Waals surface area contributed by atoms with Gasteiger partial charge in [0.2, 0.25) is 0 Å². The summed E-state index contributed by atoms with van der Waals surface area (Å²) in [6.45, 7) is 3.50. The van der Waals surface area contributed by atoms with Crippen molar-refractivity contribution in [2.24, 2.45) is 0 Å². The van der Waals surface area contributed by atoms with Crippen LogP contribution in [0.3, 0.4) is 0 Å². The van der Waals surface area contributed by atoms with Crippen molar-refractivity contribution in [3.63, 3.8) is 0 Å². The molecule has 1 saturated heterocycles. The summed E-state index contributed by atoms with van der Waals surface area (Å²) in [4.78, 5) is 25.8. The number of benzene rings is 1. The van der Waals surface area contributed by atoms with Crippen LogP contribution in [0, 0.1) is 0 Å². The highest BCUT2D eigenvalue weighted by molar-refractivity contribution is 6.30. The zero-order chi connectivity index (χ0) is 14.2. The van der Waals surface area contributed by atoms with E-state index in [-0.39, 0.29) is 17.3 Å². The quantitative estimate of drug-likeness (QED) is 0.602. The molecule has 0 aromatic heterocycles. The predicted molar refractivity (Wildman–Crippen MR) is 72.8 cm³/mol. The van der Waals surface area contributed by atoms with Crippen molar-refractivity contribution in [1.29, 1.82) is 0 Å². The van der Waals surface area contributed by atoms with Crippen molar-refractivity contribution in [3.05, 3.63) is 35.4 Å². The number of carbonyl (C=O) groups excluding carboxylic acids is 2.